The molecule has 4 aliphatic rings. The number of carbonyl (C=O) groups is 2. The Labute approximate surface area is 212 Å². The third kappa shape index (κ3) is 4.48. The molecule has 0 spiro atoms. The zero-order valence-electron chi connectivity index (χ0n) is 21.3. The van der Waals surface area contributed by atoms with Crippen LogP contribution in [0.25, 0.3) is 5.65 Å². The second-order valence-corrected chi connectivity index (χ2v) is 11.6. The third-order valence-electron chi connectivity index (χ3n) is 9.17. The molecular weight excluding hydrogens is 454 g/mol. The fourth-order valence-electron chi connectivity index (χ4n) is 7.04. The lowest BCUT2D eigenvalue weighted by molar-refractivity contribution is -0.138. The topological polar surface area (TPSA) is 90.8 Å². The van der Waals surface area contributed by atoms with E-state index in [1.165, 1.54) is 25.7 Å². The fraction of sp³-hybridized carbons (Fsp3) is 0.714. The number of likely N-dealkylation sites (tertiary alicyclic amines) is 1. The largest absolute Gasteiger partial charge is 0.342 e. The highest BCUT2D eigenvalue weighted by Gasteiger charge is 2.33. The summed E-state index contributed by atoms with van der Waals surface area (Å²) in [5.41, 5.74) is 3.02. The van der Waals surface area contributed by atoms with E-state index in [2.05, 4.69) is 10.00 Å². The first kappa shape index (κ1) is 23.7. The fourth-order valence-corrected chi connectivity index (χ4v) is 7.04. The lowest BCUT2D eigenvalue weighted by Crippen LogP contribution is -2.43. The lowest BCUT2D eigenvalue weighted by Gasteiger charge is -2.35. The third-order valence-corrected chi connectivity index (χ3v) is 9.17. The summed E-state index contributed by atoms with van der Waals surface area (Å²) in [5.74, 6) is 1.03. The molecule has 194 valence electrons. The van der Waals surface area contributed by atoms with Crippen molar-refractivity contribution in [2.24, 2.45) is 11.8 Å². The first-order valence-corrected chi connectivity index (χ1v) is 14.3. The van der Waals surface area contributed by atoms with Gasteiger partial charge in [0, 0.05) is 55.6 Å². The monoisotopic (exact) mass is 493 g/mol. The van der Waals surface area contributed by atoms with Crippen molar-refractivity contribution in [3.05, 3.63) is 33.4 Å². The zero-order chi connectivity index (χ0) is 24.6. The maximum absolute atomic E-state index is 13.5. The Morgan fingerprint density at radius 3 is 2.19 bits per heavy atom. The SMILES string of the molecule is O=C(C1CCCCC1)N1CCc2nc3cc([C@H]4CCCN(C(=O)C5CCCCC5)C4)[nH]n3c(=O)c2C1. The van der Waals surface area contributed by atoms with Crippen molar-refractivity contribution >= 4 is 17.5 Å². The minimum atomic E-state index is -0.0895. The van der Waals surface area contributed by atoms with Crippen LogP contribution in [0, 0.1) is 11.8 Å². The van der Waals surface area contributed by atoms with Crippen molar-refractivity contribution in [2.75, 3.05) is 19.6 Å². The Morgan fingerprint density at radius 2 is 1.50 bits per heavy atom. The van der Waals surface area contributed by atoms with Gasteiger partial charge in [-0.1, -0.05) is 38.5 Å². The van der Waals surface area contributed by atoms with Gasteiger partial charge < -0.3 is 9.80 Å². The number of hydrogen-bond donors (Lipinski definition) is 1. The Balaban J connectivity index is 1.20. The summed E-state index contributed by atoms with van der Waals surface area (Å²) in [4.78, 5) is 48.5. The number of carbonyl (C=O) groups excluding carboxylic acids is 2. The molecule has 1 N–H and O–H groups in total. The van der Waals surface area contributed by atoms with Gasteiger partial charge in [0.15, 0.2) is 5.65 Å². The van der Waals surface area contributed by atoms with Crippen LogP contribution in [0.15, 0.2) is 10.9 Å². The van der Waals surface area contributed by atoms with Crippen LogP contribution in [0.4, 0.5) is 0 Å². The van der Waals surface area contributed by atoms with Crippen LogP contribution in [0.3, 0.4) is 0 Å². The maximum Gasteiger partial charge on any atom is 0.277 e. The Kier molecular flexibility index (Phi) is 6.61. The van der Waals surface area contributed by atoms with Crippen LogP contribution in [0.5, 0.6) is 0 Å². The number of nitrogens with one attached hydrogen (secondary N) is 1. The molecule has 2 aromatic heterocycles. The number of fused-ring (bicyclic) bond motifs is 2. The molecule has 1 saturated heterocycles. The molecule has 2 aliphatic carbocycles. The van der Waals surface area contributed by atoms with Gasteiger partial charge in [0.05, 0.1) is 17.8 Å². The number of hydrogen-bond acceptors (Lipinski definition) is 4. The highest BCUT2D eigenvalue weighted by Crippen LogP contribution is 2.31. The molecule has 4 heterocycles. The van der Waals surface area contributed by atoms with Crippen molar-refractivity contribution in [1.29, 1.82) is 0 Å². The molecule has 8 nitrogen and oxygen atoms in total. The Bertz CT molecular complexity index is 1190. The molecule has 2 aliphatic heterocycles. The van der Waals surface area contributed by atoms with Crippen molar-refractivity contribution in [2.45, 2.75) is 95.9 Å². The summed E-state index contributed by atoms with van der Waals surface area (Å²) in [6, 6.07) is 2.00. The predicted molar refractivity (Wildman–Crippen MR) is 137 cm³/mol. The molecule has 3 fully saturated rings. The van der Waals surface area contributed by atoms with Crippen LogP contribution < -0.4 is 5.56 Å². The maximum atomic E-state index is 13.5. The van der Waals surface area contributed by atoms with Crippen LogP contribution in [-0.4, -0.2) is 55.8 Å². The predicted octanol–water partition coefficient (Wildman–Crippen LogP) is 3.77. The van der Waals surface area contributed by atoms with Crippen molar-refractivity contribution in [3.63, 3.8) is 0 Å². The quantitative estimate of drug-likeness (QED) is 0.705. The molecule has 2 aromatic rings. The summed E-state index contributed by atoms with van der Waals surface area (Å²) in [6.45, 7) is 2.55. The van der Waals surface area contributed by atoms with Gasteiger partial charge in [-0.3, -0.25) is 19.5 Å². The van der Waals surface area contributed by atoms with E-state index in [9.17, 15) is 14.4 Å². The van der Waals surface area contributed by atoms with E-state index in [1.807, 2.05) is 11.0 Å². The van der Waals surface area contributed by atoms with Crippen LogP contribution in [0.2, 0.25) is 0 Å². The average Bonchev–Trinajstić information content (AvgIpc) is 3.38. The first-order valence-electron chi connectivity index (χ1n) is 14.3. The van der Waals surface area contributed by atoms with Gasteiger partial charge >= 0.3 is 0 Å². The molecule has 0 bridgehead atoms. The smallest absolute Gasteiger partial charge is 0.277 e. The van der Waals surface area contributed by atoms with Crippen LogP contribution in [-0.2, 0) is 22.6 Å². The minimum Gasteiger partial charge on any atom is -0.342 e. The molecule has 0 unspecified atom stereocenters. The number of aromatic nitrogens is 3. The minimum absolute atomic E-state index is 0.0895. The van der Waals surface area contributed by atoms with E-state index in [4.69, 9.17) is 4.98 Å². The molecule has 0 radical (unpaired) electrons. The standard InChI is InChI=1S/C28H39N5O3/c34-26(19-8-3-1-4-9-19)31-14-7-12-21(17-31)24-16-25-29-23-13-15-32(18-22(23)28(36)33(25)30-24)27(35)20-10-5-2-6-11-20/h16,19-21,30H,1-15,17-18H2/t21-/m0/s1. The number of amides is 2. The second-order valence-electron chi connectivity index (χ2n) is 11.6. The number of H-pyrrole nitrogens is 1. The zero-order valence-corrected chi connectivity index (χ0v) is 21.3. The van der Waals surface area contributed by atoms with Gasteiger partial charge in [-0.25, -0.2) is 9.50 Å². The van der Waals surface area contributed by atoms with Gasteiger partial charge in [0.25, 0.3) is 5.56 Å². The number of aromatic amines is 1. The summed E-state index contributed by atoms with van der Waals surface area (Å²) in [5, 5.41) is 3.33. The van der Waals surface area contributed by atoms with E-state index in [0.29, 0.717) is 43.2 Å². The molecule has 0 aromatic carbocycles. The average molecular weight is 494 g/mol. The Hall–Kier alpha value is -2.64. The van der Waals surface area contributed by atoms with Gasteiger partial charge in [-0.15, -0.1) is 0 Å². The van der Waals surface area contributed by atoms with E-state index >= 15 is 0 Å². The number of nitrogens with zero attached hydrogens (tertiary/aromatic N) is 4. The van der Waals surface area contributed by atoms with Gasteiger partial charge in [0.1, 0.15) is 0 Å². The summed E-state index contributed by atoms with van der Waals surface area (Å²) < 4.78 is 1.56. The first-order chi connectivity index (χ1) is 17.6. The molecule has 8 heteroatoms. The highest BCUT2D eigenvalue weighted by atomic mass is 16.2. The highest BCUT2D eigenvalue weighted by molar-refractivity contribution is 5.79. The van der Waals surface area contributed by atoms with Crippen molar-refractivity contribution in [1.82, 2.24) is 24.4 Å². The van der Waals surface area contributed by atoms with E-state index < -0.39 is 0 Å². The second kappa shape index (κ2) is 10.0. The molecule has 36 heavy (non-hydrogen) atoms. The summed E-state index contributed by atoms with van der Waals surface area (Å²) >= 11 is 0. The summed E-state index contributed by atoms with van der Waals surface area (Å²) in [6.07, 6.45) is 13.7. The molecule has 2 saturated carbocycles. The van der Waals surface area contributed by atoms with Gasteiger partial charge in [-0.2, -0.15) is 0 Å². The number of piperidine rings is 1. The Morgan fingerprint density at radius 1 is 0.833 bits per heavy atom. The van der Waals surface area contributed by atoms with Crippen LogP contribution >= 0.6 is 0 Å². The molecule has 1 atom stereocenters. The number of rotatable bonds is 3. The molecule has 6 rings (SSSR count). The van der Waals surface area contributed by atoms with Crippen LogP contribution in [0.1, 0.15) is 99.9 Å². The van der Waals surface area contributed by atoms with Crippen molar-refractivity contribution in [3.8, 4) is 0 Å². The normalized spacial score (nSPS) is 24.2. The molecule has 2 amide bonds. The van der Waals surface area contributed by atoms with E-state index in [0.717, 1.165) is 69.3 Å². The van der Waals surface area contributed by atoms with Crippen molar-refractivity contribution < 1.29 is 9.59 Å². The van der Waals surface area contributed by atoms with E-state index in [1.54, 1.807) is 4.52 Å². The summed E-state index contributed by atoms with van der Waals surface area (Å²) in [7, 11) is 0. The lowest BCUT2D eigenvalue weighted by atomic mass is 9.87. The van der Waals surface area contributed by atoms with Gasteiger partial charge in [0.2, 0.25) is 11.8 Å². The van der Waals surface area contributed by atoms with Gasteiger partial charge in [-0.05, 0) is 38.5 Å². The van der Waals surface area contributed by atoms with E-state index in [-0.39, 0.29) is 29.2 Å². The molecular formula is C28H39N5O3.